The molecule has 1 N–H and O–H groups in total. The van der Waals surface area contributed by atoms with E-state index in [9.17, 15) is 0 Å². The smallest absolute Gasteiger partial charge is 0.0414 e. The Kier molecular flexibility index (Phi) is 2.79. The van der Waals surface area contributed by atoms with Gasteiger partial charge in [-0.1, -0.05) is 19.9 Å². The van der Waals surface area contributed by atoms with E-state index in [-0.39, 0.29) is 5.41 Å². The molecule has 16 heavy (non-hydrogen) atoms. The van der Waals surface area contributed by atoms with Crippen molar-refractivity contribution in [2.45, 2.75) is 38.0 Å². The van der Waals surface area contributed by atoms with Gasteiger partial charge in [-0.05, 0) is 37.1 Å². The average molecular weight is 233 g/mol. The first-order chi connectivity index (χ1) is 7.48. The van der Waals surface area contributed by atoms with Gasteiger partial charge in [-0.15, -0.1) is 12.6 Å². The zero-order valence-corrected chi connectivity index (χ0v) is 11.3. The van der Waals surface area contributed by atoms with Gasteiger partial charge in [0.2, 0.25) is 0 Å². The van der Waals surface area contributed by atoms with E-state index >= 15 is 0 Å². The predicted octanol–water partition coefficient (Wildman–Crippen LogP) is 3.61. The quantitative estimate of drug-likeness (QED) is 0.744. The third-order valence-electron chi connectivity index (χ3n) is 3.61. The molecule has 0 atom stereocenters. The van der Waals surface area contributed by atoms with Crippen molar-refractivity contribution >= 4 is 18.3 Å². The summed E-state index contributed by atoms with van der Waals surface area (Å²) in [5.41, 5.74) is 5.56. The van der Waals surface area contributed by atoms with Crippen molar-refractivity contribution in [3.05, 3.63) is 34.9 Å². The van der Waals surface area contributed by atoms with E-state index in [0.717, 1.165) is 11.4 Å². The monoisotopic (exact) mass is 233 g/mol. The molecule has 0 bridgehead atoms. The minimum atomic E-state index is 0.117. The highest BCUT2D eigenvalue weighted by Crippen LogP contribution is 2.45. The lowest BCUT2D eigenvalue weighted by atomic mass is 9.82. The zero-order valence-electron chi connectivity index (χ0n) is 10.4. The summed E-state index contributed by atoms with van der Waals surface area (Å²) in [4.78, 5) is 1.04. The lowest BCUT2D eigenvalue weighted by molar-refractivity contribution is 0.635. The highest BCUT2D eigenvalue weighted by atomic mass is 32.1. The minimum absolute atomic E-state index is 0.117. The number of hydrogen-bond acceptors (Lipinski definition) is 2. The van der Waals surface area contributed by atoms with E-state index in [2.05, 4.69) is 63.8 Å². The van der Waals surface area contributed by atoms with Crippen LogP contribution in [0.4, 0.5) is 0 Å². The van der Waals surface area contributed by atoms with Crippen molar-refractivity contribution in [1.82, 2.24) is 5.32 Å². The Morgan fingerprint density at radius 1 is 1.31 bits per heavy atom. The Morgan fingerprint density at radius 2 is 2.00 bits per heavy atom. The molecule has 2 rings (SSSR count). The Labute approximate surface area is 103 Å². The largest absolute Gasteiger partial charge is 0.385 e. The second kappa shape index (κ2) is 3.85. The van der Waals surface area contributed by atoms with E-state index in [1.165, 1.54) is 22.4 Å². The van der Waals surface area contributed by atoms with Crippen LogP contribution in [0.25, 0.3) is 5.70 Å². The highest BCUT2D eigenvalue weighted by molar-refractivity contribution is 7.80. The fourth-order valence-electron chi connectivity index (χ4n) is 2.39. The van der Waals surface area contributed by atoms with Gasteiger partial charge in [0.15, 0.2) is 0 Å². The van der Waals surface area contributed by atoms with E-state index in [1.807, 2.05) is 0 Å². The normalized spacial score (nSPS) is 17.6. The van der Waals surface area contributed by atoms with E-state index in [0.29, 0.717) is 0 Å². The van der Waals surface area contributed by atoms with Gasteiger partial charge in [0.1, 0.15) is 0 Å². The Balaban J connectivity index is 2.62. The molecule has 1 aliphatic carbocycles. The van der Waals surface area contributed by atoms with Crippen LogP contribution in [0.1, 0.15) is 38.8 Å². The maximum atomic E-state index is 4.43. The Morgan fingerprint density at radius 3 is 2.62 bits per heavy atom. The summed E-state index contributed by atoms with van der Waals surface area (Å²) >= 11 is 4.43. The highest BCUT2D eigenvalue weighted by Gasteiger charge is 2.34. The molecule has 1 aromatic carbocycles. The van der Waals surface area contributed by atoms with Gasteiger partial charge in [0.05, 0.1) is 0 Å². The first-order valence-electron chi connectivity index (χ1n) is 5.77. The maximum Gasteiger partial charge on any atom is 0.0414 e. The second-order valence-corrected chi connectivity index (χ2v) is 5.40. The number of benzene rings is 1. The van der Waals surface area contributed by atoms with Crippen LogP contribution in [0.2, 0.25) is 0 Å². The topological polar surface area (TPSA) is 12.0 Å². The fourth-order valence-corrected chi connectivity index (χ4v) is 2.59. The molecule has 0 spiro atoms. The average Bonchev–Trinajstić information content (AvgIpc) is 2.41. The molecule has 0 radical (unpaired) electrons. The zero-order chi connectivity index (χ0) is 11.9. The first kappa shape index (κ1) is 11.6. The number of rotatable bonds is 2. The first-order valence-corrected chi connectivity index (χ1v) is 6.22. The molecule has 0 amide bonds. The lowest BCUT2D eigenvalue weighted by Gasteiger charge is -2.22. The van der Waals surface area contributed by atoms with Crippen molar-refractivity contribution in [3.63, 3.8) is 0 Å². The van der Waals surface area contributed by atoms with Crippen LogP contribution in [-0.2, 0) is 5.41 Å². The summed E-state index contributed by atoms with van der Waals surface area (Å²) in [6.07, 6.45) is 0. The summed E-state index contributed by atoms with van der Waals surface area (Å²) in [6.45, 7) is 9.87. The van der Waals surface area contributed by atoms with E-state index in [1.54, 1.807) is 0 Å². The van der Waals surface area contributed by atoms with Gasteiger partial charge >= 0.3 is 0 Å². The Bertz CT molecular complexity index is 458. The number of allylic oxidation sites excluding steroid dienone is 1. The van der Waals surface area contributed by atoms with Crippen molar-refractivity contribution in [2.24, 2.45) is 0 Å². The van der Waals surface area contributed by atoms with Crippen LogP contribution in [0.15, 0.2) is 28.7 Å². The molecule has 0 heterocycles. The van der Waals surface area contributed by atoms with Gasteiger partial charge in [-0.25, -0.2) is 0 Å². The van der Waals surface area contributed by atoms with Crippen LogP contribution in [0.3, 0.4) is 0 Å². The van der Waals surface area contributed by atoms with Crippen molar-refractivity contribution < 1.29 is 0 Å². The lowest BCUT2D eigenvalue weighted by Crippen LogP contribution is -2.16. The van der Waals surface area contributed by atoms with Crippen LogP contribution >= 0.6 is 12.6 Å². The second-order valence-electron chi connectivity index (χ2n) is 4.89. The molecule has 1 aliphatic rings. The molecular weight excluding hydrogens is 214 g/mol. The van der Waals surface area contributed by atoms with Gasteiger partial charge in [0, 0.05) is 28.1 Å². The van der Waals surface area contributed by atoms with E-state index in [4.69, 9.17) is 0 Å². The van der Waals surface area contributed by atoms with Gasteiger partial charge < -0.3 is 5.32 Å². The Hall–Kier alpha value is -0.890. The molecule has 0 saturated carbocycles. The standard InChI is InChI=1S/C14H19NS/c1-5-15-13-9(2)14(3,4)12-8-10(16)6-7-11(12)13/h6-8,15-16H,5H2,1-4H3. The summed E-state index contributed by atoms with van der Waals surface area (Å²) in [5.74, 6) is 0. The van der Waals surface area contributed by atoms with E-state index < -0.39 is 0 Å². The maximum absolute atomic E-state index is 4.43. The van der Waals surface area contributed by atoms with Gasteiger partial charge in [-0.2, -0.15) is 0 Å². The SMILES string of the molecule is CCNC1=C(C)C(C)(C)c2cc(S)ccc21. The van der Waals surface area contributed by atoms with Crippen molar-refractivity contribution in [1.29, 1.82) is 0 Å². The summed E-state index contributed by atoms with van der Waals surface area (Å²) in [7, 11) is 0. The molecule has 0 aromatic heterocycles. The molecular formula is C14H19NS. The van der Waals surface area contributed by atoms with Crippen LogP contribution < -0.4 is 5.32 Å². The third kappa shape index (κ3) is 1.56. The number of nitrogens with one attached hydrogen (secondary N) is 1. The molecule has 0 aliphatic heterocycles. The van der Waals surface area contributed by atoms with Crippen molar-refractivity contribution in [3.8, 4) is 0 Å². The minimum Gasteiger partial charge on any atom is -0.385 e. The van der Waals surface area contributed by atoms with Gasteiger partial charge in [-0.3, -0.25) is 0 Å². The summed E-state index contributed by atoms with van der Waals surface area (Å²) in [6, 6.07) is 6.42. The molecule has 1 nitrogen and oxygen atoms in total. The van der Waals surface area contributed by atoms with Gasteiger partial charge in [0.25, 0.3) is 0 Å². The molecule has 0 saturated heterocycles. The molecule has 0 fully saturated rings. The van der Waals surface area contributed by atoms with Crippen LogP contribution in [-0.4, -0.2) is 6.54 Å². The molecule has 2 heteroatoms. The third-order valence-corrected chi connectivity index (χ3v) is 3.89. The molecule has 86 valence electrons. The summed E-state index contributed by atoms with van der Waals surface area (Å²) < 4.78 is 0. The molecule has 1 aromatic rings. The number of thiol groups is 1. The number of hydrogen-bond donors (Lipinski definition) is 2. The fraction of sp³-hybridized carbons (Fsp3) is 0.429. The van der Waals surface area contributed by atoms with Crippen molar-refractivity contribution in [2.75, 3.05) is 6.54 Å². The molecule has 0 unspecified atom stereocenters. The van der Waals surface area contributed by atoms with Crippen LogP contribution in [0.5, 0.6) is 0 Å². The summed E-state index contributed by atoms with van der Waals surface area (Å²) in [5, 5.41) is 3.48. The predicted molar refractivity (Wildman–Crippen MR) is 73.0 cm³/mol. The number of fused-ring (bicyclic) bond motifs is 1. The van der Waals surface area contributed by atoms with Crippen LogP contribution in [0, 0.1) is 0 Å².